The molecule has 0 atom stereocenters. The van der Waals surface area contributed by atoms with Crippen LogP contribution in [-0.4, -0.2) is 5.84 Å². The molecular formula is C17H20N2. The fraction of sp³-hybridized carbons (Fsp3) is 0.235. The van der Waals surface area contributed by atoms with E-state index < -0.39 is 0 Å². The summed E-state index contributed by atoms with van der Waals surface area (Å²) in [6.07, 6.45) is 0. The molecule has 0 saturated carbocycles. The van der Waals surface area contributed by atoms with Gasteiger partial charge in [-0.2, -0.15) is 0 Å². The molecule has 2 nitrogen and oxygen atoms in total. The van der Waals surface area contributed by atoms with E-state index in [9.17, 15) is 0 Å². The second-order valence-electron chi connectivity index (χ2n) is 5.82. The molecule has 0 fully saturated rings. The van der Waals surface area contributed by atoms with Crippen LogP contribution < -0.4 is 5.73 Å². The Hall–Kier alpha value is -2.09. The van der Waals surface area contributed by atoms with Crippen molar-refractivity contribution in [2.75, 3.05) is 0 Å². The molecule has 3 N–H and O–H groups in total. The van der Waals surface area contributed by atoms with Gasteiger partial charge in [0, 0.05) is 5.56 Å². The fourth-order valence-electron chi connectivity index (χ4n) is 2.03. The van der Waals surface area contributed by atoms with Gasteiger partial charge in [0.2, 0.25) is 0 Å². The van der Waals surface area contributed by atoms with Gasteiger partial charge in [-0.1, -0.05) is 63.2 Å². The minimum absolute atomic E-state index is 0.105. The van der Waals surface area contributed by atoms with Gasteiger partial charge in [0.05, 0.1) is 0 Å². The number of benzene rings is 2. The number of amidine groups is 1. The van der Waals surface area contributed by atoms with Crippen LogP contribution in [0.25, 0.3) is 11.1 Å². The zero-order chi connectivity index (χ0) is 14.0. The zero-order valence-electron chi connectivity index (χ0n) is 11.7. The Morgan fingerprint density at radius 1 is 0.947 bits per heavy atom. The van der Waals surface area contributed by atoms with Crippen molar-refractivity contribution in [1.29, 1.82) is 5.41 Å². The van der Waals surface area contributed by atoms with Crippen LogP contribution in [0.15, 0.2) is 48.5 Å². The summed E-state index contributed by atoms with van der Waals surface area (Å²) in [5, 5.41) is 7.49. The maximum atomic E-state index is 7.49. The third-order valence-electron chi connectivity index (χ3n) is 3.26. The second-order valence-corrected chi connectivity index (χ2v) is 5.82. The lowest BCUT2D eigenvalue weighted by Gasteiger charge is -2.19. The van der Waals surface area contributed by atoms with Gasteiger partial charge in [-0.25, -0.2) is 0 Å². The van der Waals surface area contributed by atoms with Gasteiger partial charge in [-0.15, -0.1) is 0 Å². The minimum Gasteiger partial charge on any atom is -0.384 e. The summed E-state index contributed by atoms with van der Waals surface area (Å²) in [4.78, 5) is 0. The van der Waals surface area contributed by atoms with Crippen molar-refractivity contribution in [1.82, 2.24) is 0 Å². The lowest BCUT2D eigenvalue weighted by molar-refractivity contribution is 0.590. The van der Waals surface area contributed by atoms with Crippen molar-refractivity contribution in [2.45, 2.75) is 26.2 Å². The lowest BCUT2D eigenvalue weighted by atomic mass is 9.86. The highest BCUT2D eigenvalue weighted by Crippen LogP contribution is 2.26. The normalized spacial score (nSPS) is 11.3. The van der Waals surface area contributed by atoms with Crippen LogP contribution in [0.2, 0.25) is 0 Å². The van der Waals surface area contributed by atoms with E-state index in [2.05, 4.69) is 45.0 Å². The lowest BCUT2D eigenvalue weighted by Crippen LogP contribution is -2.11. The number of rotatable bonds is 2. The molecule has 0 aliphatic rings. The Morgan fingerprint density at radius 3 is 2.11 bits per heavy atom. The van der Waals surface area contributed by atoms with Crippen LogP contribution in [0.1, 0.15) is 31.9 Å². The maximum Gasteiger partial charge on any atom is 0.122 e. The van der Waals surface area contributed by atoms with Crippen LogP contribution in [0.4, 0.5) is 0 Å². The fourth-order valence-corrected chi connectivity index (χ4v) is 2.03. The van der Waals surface area contributed by atoms with E-state index >= 15 is 0 Å². The molecule has 2 aromatic carbocycles. The SMILES string of the molecule is CC(C)(C)c1ccc(-c2cccc(C(=N)N)c2)cc1. The van der Waals surface area contributed by atoms with Gasteiger partial charge in [0.1, 0.15) is 5.84 Å². The molecule has 0 aliphatic carbocycles. The first-order valence-electron chi connectivity index (χ1n) is 6.43. The number of nitrogen functional groups attached to an aromatic ring is 1. The first-order chi connectivity index (χ1) is 8.88. The quantitative estimate of drug-likeness (QED) is 0.617. The zero-order valence-corrected chi connectivity index (χ0v) is 11.7. The molecule has 0 spiro atoms. The Bertz CT molecular complexity index is 589. The van der Waals surface area contributed by atoms with Crippen molar-refractivity contribution in [3.8, 4) is 11.1 Å². The molecule has 0 unspecified atom stereocenters. The Labute approximate surface area is 114 Å². The molecule has 0 heterocycles. The van der Waals surface area contributed by atoms with Crippen LogP contribution in [-0.2, 0) is 5.41 Å². The van der Waals surface area contributed by atoms with Crippen LogP contribution in [0.3, 0.4) is 0 Å². The van der Waals surface area contributed by atoms with Crippen LogP contribution in [0, 0.1) is 5.41 Å². The second kappa shape index (κ2) is 4.88. The van der Waals surface area contributed by atoms with E-state index in [-0.39, 0.29) is 11.3 Å². The van der Waals surface area contributed by atoms with E-state index in [1.54, 1.807) is 0 Å². The van der Waals surface area contributed by atoms with Crippen molar-refractivity contribution >= 4 is 5.84 Å². The van der Waals surface area contributed by atoms with E-state index in [0.717, 1.165) is 16.7 Å². The smallest absolute Gasteiger partial charge is 0.122 e. The number of hydrogen-bond acceptors (Lipinski definition) is 1. The summed E-state index contributed by atoms with van der Waals surface area (Å²) >= 11 is 0. The molecule has 19 heavy (non-hydrogen) atoms. The van der Waals surface area contributed by atoms with Gasteiger partial charge >= 0.3 is 0 Å². The molecule has 2 aromatic rings. The molecule has 2 rings (SSSR count). The summed E-state index contributed by atoms with van der Waals surface area (Å²) in [5.41, 5.74) is 10.0. The standard InChI is InChI=1S/C17H20N2/c1-17(2,3)15-9-7-12(8-10-15)13-5-4-6-14(11-13)16(18)19/h4-11H,1-3H3,(H3,18,19). The highest BCUT2D eigenvalue weighted by Gasteiger charge is 2.13. The number of hydrogen-bond donors (Lipinski definition) is 2. The molecule has 2 heteroatoms. The average Bonchev–Trinajstić information content (AvgIpc) is 2.38. The molecule has 0 amide bonds. The Balaban J connectivity index is 2.37. The summed E-state index contributed by atoms with van der Waals surface area (Å²) in [7, 11) is 0. The van der Waals surface area contributed by atoms with E-state index in [1.165, 1.54) is 5.56 Å². The first-order valence-corrected chi connectivity index (χ1v) is 6.43. The largest absolute Gasteiger partial charge is 0.384 e. The molecule has 98 valence electrons. The minimum atomic E-state index is 0.105. The first kappa shape index (κ1) is 13.3. The number of nitrogens with two attached hydrogens (primary N) is 1. The average molecular weight is 252 g/mol. The third-order valence-corrected chi connectivity index (χ3v) is 3.26. The van der Waals surface area contributed by atoms with Crippen molar-refractivity contribution in [3.05, 3.63) is 59.7 Å². The summed E-state index contributed by atoms with van der Waals surface area (Å²) in [6.45, 7) is 6.62. The highest BCUT2D eigenvalue weighted by atomic mass is 14.7. The van der Waals surface area contributed by atoms with Gasteiger partial charge in [0.15, 0.2) is 0 Å². The van der Waals surface area contributed by atoms with Crippen LogP contribution in [0.5, 0.6) is 0 Å². The Kier molecular flexibility index (Phi) is 3.43. The summed E-state index contributed by atoms with van der Waals surface area (Å²) < 4.78 is 0. The van der Waals surface area contributed by atoms with Crippen molar-refractivity contribution in [3.63, 3.8) is 0 Å². The van der Waals surface area contributed by atoms with Crippen molar-refractivity contribution < 1.29 is 0 Å². The predicted molar refractivity (Wildman–Crippen MR) is 81.6 cm³/mol. The summed E-state index contributed by atoms with van der Waals surface area (Å²) in [6, 6.07) is 16.4. The van der Waals surface area contributed by atoms with Crippen LogP contribution >= 0.6 is 0 Å². The van der Waals surface area contributed by atoms with E-state index in [0.29, 0.717) is 0 Å². The molecule has 0 radical (unpaired) electrons. The molecular weight excluding hydrogens is 232 g/mol. The highest BCUT2D eigenvalue weighted by molar-refractivity contribution is 5.96. The third kappa shape index (κ3) is 3.02. The topological polar surface area (TPSA) is 49.9 Å². The number of nitrogens with one attached hydrogen (secondary N) is 1. The monoisotopic (exact) mass is 252 g/mol. The van der Waals surface area contributed by atoms with Crippen molar-refractivity contribution in [2.24, 2.45) is 5.73 Å². The summed E-state index contributed by atoms with van der Waals surface area (Å²) in [5.74, 6) is 0.105. The van der Waals surface area contributed by atoms with Gasteiger partial charge in [0.25, 0.3) is 0 Å². The molecule has 0 aromatic heterocycles. The van der Waals surface area contributed by atoms with E-state index in [4.69, 9.17) is 11.1 Å². The molecule has 0 saturated heterocycles. The molecule has 0 aliphatic heterocycles. The predicted octanol–water partition coefficient (Wildman–Crippen LogP) is 3.94. The maximum absolute atomic E-state index is 7.49. The van der Waals surface area contributed by atoms with Gasteiger partial charge in [-0.05, 0) is 28.2 Å². The molecule has 0 bridgehead atoms. The van der Waals surface area contributed by atoms with Gasteiger partial charge in [-0.3, -0.25) is 5.41 Å². The van der Waals surface area contributed by atoms with Gasteiger partial charge < -0.3 is 5.73 Å². The van der Waals surface area contributed by atoms with E-state index in [1.807, 2.05) is 24.3 Å². The Morgan fingerprint density at radius 2 is 1.58 bits per heavy atom.